The van der Waals surface area contributed by atoms with Gasteiger partial charge < -0.3 is 14.8 Å². The van der Waals surface area contributed by atoms with E-state index in [2.05, 4.69) is 30.2 Å². The summed E-state index contributed by atoms with van der Waals surface area (Å²) in [5, 5.41) is 2.67. The van der Waals surface area contributed by atoms with E-state index in [0.717, 1.165) is 4.57 Å². The van der Waals surface area contributed by atoms with Gasteiger partial charge in [-0.15, -0.1) is 0 Å². The molecule has 1 aliphatic rings. The van der Waals surface area contributed by atoms with Gasteiger partial charge in [0.1, 0.15) is 11.9 Å². The summed E-state index contributed by atoms with van der Waals surface area (Å²) in [4.78, 5) is 60.4. The Morgan fingerprint density at radius 3 is 2.49 bits per heavy atom. The van der Waals surface area contributed by atoms with Crippen LogP contribution in [-0.2, 0) is 18.9 Å². The zero-order valence-corrected chi connectivity index (χ0v) is 21.0. The summed E-state index contributed by atoms with van der Waals surface area (Å²) in [5.74, 6) is -1.38. The lowest BCUT2D eigenvalue weighted by Gasteiger charge is -2.17. The fourth-order valence-corrected chi connectivity index (χ4v) is 4.39. The molecule has 1 saturated heterocycles. The average molecular weight is 544 g/mol. The largest absolute Gasteiger partial charge is 0.393 e. The number of carbonyl (C=O) groups is 1. The zero-order valence-electron chi connectivity index (χ0n) is 21.0. The first-order valence-corrected chi connectivity index (χ1v) is 11.9. The van der Waals surface area contributed by atoms with Crippen LogP contribution in [0.4, 0.5) is 24.9 Å². The summed E-state index contributed by atoms with van der Waals surface area (Å²) < 4.78 is 42.5. The number of nitrogens with one attached hydrogen (secondary N) is 1. The van der Waals surface area contributed by atoms with Crippen molar-refractivity contribution in [3.63, 3.8) is 0 Å². The van der Waals surface area contributed by atoms with Gasteiger partial charge in [-0.2, -0.15) is 13.2 Å². The van der Waals surface area contributed by atoms with Crippen LogP contribution >= 0.6 is 0 Å². The number of imidazole rings is 1. The average Bonchev–Trinajstić information content (AvgIpc) is 3.59. The van der Waals surface area contributed by atoms with Crippen molar-refractivity contribution in [2.75, 3.05) is 23.3 Å². The molecule has 4 aromatic rings. The molecule has 0 spiro atoms. The highest BCUT2D eigenvalue weighted by Gasteiger charge is 2.44. The molecular formula is C23H23F3N10O3. The van der Waals surface area contributed by atoms with Crippen LogP contribution in [0.3, 0.4) is 0 Å². The Morgan fingerprint density at radius 1 is 1.10 bits per heavy atom. The van der Waals surface area contributed by atoms with Gasteiger partial charge >= 0.3 is 11.9 Å². The molecule has 1 unspecified atom stereocenters. The minimum atomic E-state index is -4.26. The summed E-state index contributed by atoms with van der Waals surface area (Å²) in [6.45, 7) is 1.57. The van der Waals surface area contributed by atoms with Gasteiger partial charge in [-0.25, -0.2) is 29.7 Å². The second kappa shape index (κ2) is 9.59. The Hall–Kier alpha value is -4.63. The molecule has 1 fully saturated rings. The fraction of sp³-hybridized carbons (Fsp3) is 0.391. The number of hydrogen-bond acceptors (Lipinski definition) is 9. The molecule has 1 aliphatic heterocycles. The van der Waals surface area contributed by atoms with Gasteiger partial charge in [0.05, 0.1) is 17.8 Å². The molecule has 204 valence electrons. The van der Waals surface area contributed by atoms with E-state index in [1.807, 2.05) is 0 Å². The van der Waals surface area contributed by atoms with Crippen molar-refractivity contribution in [1.82, 2.24) is 38.6 Å². The van der Waals surface area contributed by atoms with Crippen LogP contribution in [0.1, 0.15) is 19.4 Å². The second-order valence-corrected chi connectivity index (χ2v) is 9.21. The molecule has 0 aromatic carbocycles. The van der Waals surface area contributed by atoms with Crippen LogP contribution in [-0.4, -0.2) is 63.8 Å². The number of fused-ring (bicyclic) bond motifs is 1. The first kappa shape index (κ1) is 26.0. The molecule has 13 nitrogen and oxygen atoms in total. The highest BCUT2D eigenvalue weighted by Crippen LogP contribution is 2.34. The molecule has 16 heteroatoms. The van der Waals surface area contributed by atoms with Gasteiger partial charge in [-0.05, 0) is 19.4 Å². The molecule has 5 rings (SSSR count). The highest BCUT2D eigenvalue weighted by atomic mass is 19.4. The van der Waals surface area contributed by atoms with Crippen molar-refractivity contribution in [3.05, 3.63) is 51.8 Å². The Balaban J connectivity index is 1.33. The summed E-state index contributed by atoms with van der Waals surface area (Å²) in [6, 6.07) is 0.585. The fourth-order valence-electron chi connectivity index (χ4n) is 4.39. The first-order valence-electron chi connectivity index (χ1n) is 11.9. The molecule has 0 aliphatic carbocycles. The van der Waals surface area contributed by atoms with E-state index in [4.69, 9.17) is 0 Å². The topological polar surface area (TPSA) is 146 Å². The summed E-state index contributed by atoms with van der Waals surface area (Å²) in [6.07, 6.45) is 1.28. The number of anilines is 2. The second-order valence-electron chi connectivity index (χ2n) is 9.21. The third kappa shape index (κ3) is 4.72. The number of amides is 1. The number of carbonyl (C=O) groups excluding carboxylic acids is 1. The standard InChI is InChI=1S/C23H23F3N10O3/c1-12(36-11-30-18-16(36)20(38)34(3)22(39)33(18)2)19(37)32-15-4-6-27-17(31-15)13-8-28-21(29-9-13)35-7-5-14(10-35)23(24,25)26/h4,6,8-9,11-12,14H,5,7,10H2,1-3H3,(H,27,31,32,37)/t12-,14?/m0/s1. The van der Waals surface area contributed by atoms with Crippen LogP contribution in [0.15, 0.2) is 40.6 Å². The van der Waals surface area contributed by atoms with E-state index in [1.165, 1.54) is 59.1 Å². The number of halogens is 3. The molecule has 0 saturated carbocycles. The summed E-state index contributed by atoms with van der Waals surface area (Å²) in [7, 11) is 2.82. The minimum Gasteiger partial charge on any atom is -0.340 e. The number of aryl methyl sites for hydroxylation is 1. The monoisotopic (exact) mass is 544 g/mol. The maximum absolute atomic E-state index is 13.0. The highest BCUT2D eigenvalue weighted by molar-refractivity contribution is 5.93. The Morgan fingerprint density at radius 2 is 1.82 bits per heavy atom. The number of alkyl halides is 3. The van der Waals surface area contributed by atoms with Crippen LogP contribution in [0.25, 0.3) is 22.6 Å². The number of aromatic nitrogens is 8. The molecule has 5 heterocycles. The quantitative estimate of drug-likeness (QED) is 0.392. The van der Waals surface area contributed by atoms with Gasteiger partial charge in [0.15, 0.2) is 17.0 Å². The van der Waals surface area contributed by atoms with Crippen molar-refractivity contribution in [3.8, 4) is 11.4 Å². The molecule has 0 radical (unpaired) electrons. The lowest BCUT2D eigenvalue weighted by atomic mass is 10.1. The lowest BCUT2D eigenvalue weighted by Crippen LogP contribution is -2.38. The van der Waals surface area contributed by atoms with Crippen molar-refractivity contribution in [2.24, 2.45) is 20.0 Å². The Kier molecular flexibility index (Phi) is 6.40. The predicted molar refractivity (Wildman–Crippen MR) is 133 cm³/mol. The number of nitrogens with zero attached hydrogens (tertiary/aromatic N) is 9. The summed E-state index contributed by atoms with van der Waals surface area (Å²) in [5.41, 5.74) is -0.465. The van der Waals surface area contributed by atoms with E-state index in [0.29, 0.717) is 5.56 Å². The normalized spacial score (nSPS) is 16.6. The van der Waals surface area contributed by atoms with Crippen LogP contribution in [0.2, 0.25) is 0 Å². The number of hydrogen-bond donors (Lipinski definition) is 1. The van der Waals surface area contributed by atoms with Gasteiger partial charge in [0.2, 0.25) is 11.9 Å². The van der Waals surface area contributed by atoms with Crippen molar-refractivity contribution >= 4 is 28.8 Å². The van der Waals surface area contributed by atoms with E-state index in [-0.39, 0.29) is 48.3 Å². The van der Waals surface area contributed by atoms with Gasteiger partial charge in [0.25, 0.3) is 5.56 Å². The molecular weight excluding hydrogens is 521 g/mol. The van der Waals surface area contributed by atoms with Crippen molar-refractivity contribution < 1.29 is 18.0 Å². The van der Waals surface area contributed by atoms with Crippen LogP contribution < -0.4 is 21.5 Å². The van der Waals surface area contributed by atoms with Crippen molar-refractivity contribution in [2.45, 2.75) is 25.6 Å². The maximum atomic E-state index is 13.0. The van der Waals surface area contributed by atoms with E-state index < -0.39 is 35.3 Å². The van der Waals surface area contributed by atoms with Crippen LogP contribution in [0, 0.1) is 5.92 Å². The Labute approximate surface area is 218 Å². The lowest BCUT2D eigenvalue weighted by molar-refractivity contribution is -0.168. The molecule has 0 bridgehead atoms. The minimum absolute atomic E-state index is 0.0144. The van der Waals surface area contributed by atoms with Gasteiger partial charge in [-0.1, -0.05) is 0 Å². The molecule has 2 atom stereocenters. The predicted octanol–water partition coefficient (Wildman–Crippen LogP) is 1.27. The van der Waals surface area contributed by atoms with Gasteiger partial charge in [0, 0.05) is 45.8 Å². The molecule has 1 amide bonds. The third-order valence-electron chi connectivity index (χ3n) is 6.71. The first-order chi connectivity index (χ1) is 18.5. The smallest absolute Gasteiger partial charge is 0.340 e. The molecule has 39 heavy (non-hydrogen) atoms. The summed E-state index contributed by atoms with van der Waals surface area (Å²) >= 11 is 0. The Bertz CT molecular complexity index is 1680. The van der Waals surface area contributed by atoms with Gasteiger partial charge in [-0.3, -0.25) is 18.7 Å². The maximum Gasteiger partial charge on any atom is 0.393 e. The van der Waals surface area contributed by atoms with E-state index in [1.54, 1.807) is 6.92 Å². The van der Waals surface area contributed by atoms with E-state index >= 15 is 0 Å². The molecule has 4 aromatic heterocycles. The van der Waals surface area contributed by atoms with Crippen LogP contribution in [0.5, 0.6) is 0 Å². The SMILES string of the molecule is C[C@@H](C(=O)Nc1ccnc(-c2cnc(N3CCC(C(F)(F)F)C3)nc2)n1)n1cnc2c1c(=O)n(C)c(=O)n2C. The molecule has 1 N–H and O–H groups in total. The zero-order chi connectivity index (χ0) is 28.1. The van der Waals surface area contributed by atoms with Crippen molar-refractivity contribution in [1.29, 1.82) is 0 Å². The van der Waals surface area contributed by atoms with E-state index in [9.17, 15) is 27.6 Å². The number of rotatable bonds is 5. The third-order valence-corrected chi connectivity index (χ3v) is 6.71.